The predicted molar refractivity (Wildman–Crippen MR) is 87.3 cm³/mol. The zero-order valence-corrected chi connectivity index (χ0v) is 14.0. The molecule has 1 N–H and O–H groups in total. The maximum atomic E-state index is 12.2. The summed E-state index contributed by atoms with van der Waals surface area (Å²) >= 11 is 3.09. The molecule has 118 valence electrons. The Labute approximate surface area is 137 Å². The summed E-state index contributed by atoms with van der Waals surface area (Å²) in [6.45, 7) is 4.33. The molecule has 1 fully saturated rings. The van der Waals surface area contributed by atoms with Gasteiger partial charge in [-0.05, 0) is 30.6 Å². The molecular formula is C14H18N4O2S2. The van der Waals surface area contributed by atoms with Gasteiger partial charge < -0.3 is 9.73 Å². The highest BCUT2D eigenvalue weighted by atomic mass is 32.2. The van der Waals surface area contributed by atoms with Crippen molar-refractivity contribution in [1.82, 2.24) is 19.8 Å². The van der Waals surface area contributed by atoms with E-state index in [9.17, 15) is 4.79 Å². The largest absolute Gasteiger partial charge is 0.468 e. The summed E-state index contributed by atoms with van der Waals surface area (Å²) in [4.78, 5) is 15.2. The first-order chi connectivity index (χ1) is 10.8. The molecule has 1 atom stereocenters. The number of furan rings is 1. The molecule has 3 heterocycles. The zero-order chi connectivity index (χ0) is 15.4. The van der Waals surface area contributed by atoms with Crippen LogP contribution in [-0.4, -0.2) is 51.5 Å². The normalized spacial score (nSPS) is 17.3. The first kappa shape index (κ1) is 15.5. The Bertz CT molecular complexity index is 608. The molecule has 1 unspecified atom stereocenters. The lowest BCUT2D eigenvalue weighted by molar-refractivity contribution is 0.0933. The van der Waals surface area contributed by atoms with Gasteiger partial charge >= 0.3 is 0 Å². The number of thioether (sulfide) groups is 1. The fourth-order valence-electron chi connectivity index (χ4n) is 2.49. The molecule has 0 spiro atoms. The number of aryl methyl sites for hydroxylation is 1. The van der Waals surface area contributed by atoms with E-state index in [1.54, 1.807) is 13.2 Å². The maximum absolute atomic E-state index is 12.2. The van der Waals surface area contributed by atoms with Crippen molar-refractivity contribution in [2.45, 2.75) is 13.0 Å². The number of rotatable bonds is 5. The van der Waals surface area contributed by atoms with E-state index in [0.717, 1.165) is 41.9 Å². The minimum Gasteiger partial charge on any atom is -0.468 e. The topological polar surface area (TPSA) is 71.3 Å². The van der Waals surface area contributed by atoms with Crippen LogP contribution in [0.5, 0.6) is 0 Å². The molecule has 0 radical (unpaired) electrons. The highest BCUT2D eigenvalue weighted by Gasteiger charge is 2.25. The lowest BCUT2D eigenvalue weighted by atomic mass is 10.1. The summed E-state index contributed by atoms with van der Waals surface area (Å²) in [5.41, 5.74) is 0.673. The van der Waals surface area contributed by atoms with Crippen LogP contribution in [0.1, 0.15) is 27.2 Å². The van der Waals surface area contributed by atoms with Gasteiger partial charge in [0.05, 0.1) is 18.0 Å². The summed E-state index contributed by atoms with van der Waals surface area (Å²) < 4.78 is 9.38. The fourth-order valence-corrected chi connectivity index (χ4v) is 3.99. The van der Waals surface area contributed by atoms with Crippen LogP contribution in [-0.2, 0) is 0 Å². The van der Waals surface area contributed by atoms with E-state index >= 15 is 0 Å². The average Bonchev–Trinajstić information content (AvgIpc) is 3.20. The van der Waals surface area contributed by atoms with Gasteiger partial charge in [-0.1, -0.05) is 4.49 Å². The standard InChI is InChI=1S/C14H18N4O2S2/c1-10-13(22-17-16-10)14(19)15-9-11(12-3-2-6-20-12)18-4-7-21-8-5-18/h2-3,6,11H,4-5,7-9H2,1H3,(H,15,19). The molecule has 2 aromatic heterocycles. The van der Waals surface area contributed by atoms with Crippen molar-refractivity contribution in [3.63, 3.8) is 0 Å². The van der Waals surface area contributed by atoms with E-state index < -0.39 is 0 Å². The molecule has 3 rings (SSSR count). The minimum absolute atomic E-state index is 0.0704. The summed E-state index contributed by atoms with van der Waals surface area (Å²) in [7, 11) is 0. The number of carbonyl (C=O) groups is 1. The number of aromatic nitrogens is 2. The van der Waals surface area contributed by atoms with Crippen molar-refractivity contribution >= 4 is 29.2 Å². The number of hydrogen-bond donors (Lipinski definition) is 1. The van der Waals surface area contributed by atoms with Gasteiger partial charge in [0.15, 0.2) is 0 Å². The Kier molecular flexibility index (Phi) is 5.12. The van der Waals surface area contributed by atoms with Gasteiger partial charge in [0.1, 0.15) is 10.6 Å². The van der Waals surface area contributed by atoms with Crippen molar-refractivity contribution in [1.29, 1.82) is 0 Å². The fraction of sp³-hybridized carbons (Fsp3) is 0.500. The SMILES string of the molecule is Cc1nnsc1C(=O)NCC(c1ccco1)N1CCSCC1. The zero-order valence-electron chi connectivity index (χ0n) is 12.3. The lowest BCUT2D eigenvalue weighted by Gasteiger charge is -2.33. The smallest absolute Gasteiger partial charge is 0.265 e. The summed E-state index contributed by atoms with van der Waals surface area (Å²) in [5, 5.41) is 6.88. The van der Waals surface area contributed by atoms with Crippen LogP contribution in [0.25, 0.3) is 0 Å². The first-order valence-corrected chi connectivity index (χ1v) is 9.11. The van der Waals surface area contributed by atoms with Crippen molar-refractivity contribution < 1.29 is 9.21 Å². The van der Waals surface area contributed by atoms with Crippen molar-refractivity contribution in [2.24, 2.45) is 0 Å². The molecule has 8 heteroatoms. The van der Waals surface area contributed by atoms with Crippen LogP contribution in [0.2, 0.25) is 0 Å². The maximum Gasteiger partial charge on any atom is 0.265 e. The van der Waals surface area contributed by atoms with Crippen LogP contribution in [0.3, 0.4) is 0 Å². The van der Waals surface area contributed by atoms with Gasteiger partial charge in [-0.15, -0.1) is 5.10 Å². The molecular weight excluding hydrogens is 320 g/mol. The highest BCUT2D eigenvalue weighted by Crippen LogP contribution is 2.24. The third-order valence-corrected chi connectivity index (χ3v) is 5.44. The van der Waals surface area contributed by atoms with Crippen LogP contribution in [0.15, 0.2) is 22.8 Å². The molecule has 0 aliphatic carbocycles. The molecule has 0 saturated carbocycles. The van der Waals surface area contributed by atoms with Crippen molar-refractivity contribution in [3.8, 4) is 0 Å². The second-order valence-electron chi connectivity index (χ2n) is 5.08. The summed E-state index contributed by atoms with van der Waals surface area (Å²) in [6.07, 6.45) is 1.68. The Morgan fingerprint density at radius 1 is 1.50 bits per heavy atom. The Balaban J connectivity index is 1.68. The first-order valence-electron chi connectivity index (χ1n) is 7.18. The van der Waals surface area contributed by atoms with Crippen LogP contribution >= 0.6 is 23.3 Å². The van der Waals surface area contributed by atoms with E-state index in [1.165, 1.54) is 0 Å². The predicted octanol–water partition coefficient (Wildman–Crippen LogP) is 1.96. The van der Waals surface area contributed by atoms with Gasteiger partial charge in [0, 0.05) is 31.1 Å². The minimum atomic E-state index is -0.115. The van der Waals surface area contributed by atoms with Gasteiger partial charge in [-0.3, -0.25) is 9.69 Å². The second kappa shape index (κ2) is 7.26. The van der Waals surface area contributed by atoms with E-state index in [0.29, 0.717) is 17.1 Å². The number of carbonyl (C=O) groups excluding carboxylic acids is 1. The number of nitrogens with zero attached hydrogens (tertiary/aromatic N) is 3. The summed E-state index contributed by atoms with van der Waals surface area (Å²) in [5.74, 6) is 3.01. The number of nitrogens with one attached hydrogen (secondary N) is 1. The molecule has 6 nitrogen and oxygen atoms in total. The molecule has 1 aliphatic rings. The number of amides is 1. The molecule has 0 bridgehead atoms. The van der Waals surface area contributed by atoms with Gasteiger partial charge in [0.25, 0.3) is 5.91 Å². The Hall–Kier alpha value is -1.38. The van der Waals surface area contributed by atoms with E-state index in [-0.39, 0.29) is 11.9 Å². The second-order valence-corrected chi connectivity index (χ2v) is 7.06. The molecule has 1 saturated heterocycles. The van der Waals surface area contributed by atoms with Crippen LogP contribution in [0, 0.1) is 6.92 Å². The molecule has 22 heavy (non-hydrogen) atoms. The van der Waals surface area contributed by atoms with Crippen LogP contribution < -0.4 is 5.32 Å². The molecule has 2 aromatic rings. The molecule has 0 aromatic carbocycles. The van der Waals surface area contributed by atoms with Crippen molar-refractivity contribution in [2.75, 3.05) is 31.1 Å². The number of hydrogen-bond acceptors (Lipinski definition) is 7. The van der Waals surface area contributed by atoms with Crippen molar-refractivity contribution in [3.05, 3.63) is 34.7 Å². The Morgan fingerprint density at radius 3 is 2.95 bits per heavy atom. The molecule has 1 aliphatic heterocycles. The average molecular weight is 338 g/mol. The monoisotopic (exact) mass is 338 g/mol. The third kappa shape index (κ3) is 3.50. The lowest BCUT2D eigenvalue weighted by Crippen LogP contribution is -2.41. The Morgan fingerprint density at radius 2 is 2.32 bits per heavy atom. The van der Waals surface area contributed by atoms with Gasteiger partial charge in [-0.25, -0.2) is 0 Å². The summed E-state index contributed by atoms with van der Waals surface area (Å²) in [6, 6.07) is 3.93. The van der Waals surface area contributed by atoms with E-state index in [2.05, 4.69) is 19.8 Å². The van der Waals surface area contributed by atoms with Crippen LogP contribution in [0.4, 0.5) is 0 Å². The van der Waals surface area contributed by atoms with E-state index in [4.69, 9.17) is 4.42 Å². The van der Waals surface area contributed by atoms with Gasteiger partial charge in [0.2, 0.25) is 0 Å². The van der Waals surface area contributed by atoms with E-state index in [1.807, 2.05) is 23.9 Å². The highest BCUT2D eigenvalue weighted by molar-refractivity contribution is 7.99. The molecule has 1 amide bonds. The quantitative estimate of drug-likeness (QED) is 0.899. The third-order valence-electron chi connectivity index (χ3n) is 3.67. The van der Waals surface area contributed by atoms with Gasteiger partial charge in [-0.2, -0.15) is 11.8 Å².